The molecule has 3 aromatic rings. The first-order chi connectivity index (χ1) is 13.0. The Bertz CT molecular complexity index is 1030. The van der Waals surface area contributed by atoms with Gasteiger partial charge in [-0.05, 0) is 48.9 Å². The topological polar surface area (TPSA) is 62.4 Å². The molecule has 0 unspecified atom stereocenters. The van der Waals surface area contributed by atoms with E-state index in [1.807, 2.05) is 31.2 Å². The van der Waals surface area contributed by atoms with Gasteiger partial charge >= 0.3 is 0 Å². The molecule has 27 heavy (non-hydrogen) atoms. The maximum absolute atomic E-state index is 13.4. The Hall–Kier alpha value is -2.64. The van der Waals surface area contributed by atoms with Crippen LogP contribution in [0.2, 0.25) is 5.02 Å². The fourth-order valence-electron chi connectivity index (χ4n) is 2.38. The SMILES string of the molecule is COc1ccc(CN=C(Nc2ccc(F)c(Cl)c2)n2sc(C)cc2=N)cc1. The highest BCUT2D eigenvalue weighted by atomic mass is 35.5. The van der Waals surface area contributed by atoms with Gasteiger partial charge in [-0.2, -0.15) is 0 Å². The average Bonchev–Trinajstić information content (AvgIpc) is 3.00. The van der Waals surface area contributed by atoms with Gasteiger partial charge in [0.25, 0.3) is 0 Å². The zero-order valence-electron chi connectivity index (χ0n) is 14.8. The summed E-state index contributed by atoms with van der Waals surface area (Å²) in [6, 6.07) is 13.7. The molecule has 0 bridgehead atoms. The largest absolute Gasteiger partial charge is 0.497 e. The summed E-state index contributed by atoms with van der Waals surface area (Å²) in [6.45, 7) is 2.33. The van der Waals surface area contributed by atoms with E-state index in [1.54, 1.807) is 23.2 Å². The van der Waals surface area contributed by atoms with E-state index in [-0.39, 0.29) is 5.02 Å². The molecule has 8 heteroatoms. The number of benzene rings is 2. The van der Waals surface area contributed by atoms with Crippen LogP contribution < -0.4 is 15.5 Å². The number of hydrogen-bond donors (Lipinski definition) is 2. The van der Waals surface area contributed by atoms with Crippen LogP contribution >= 0.6 is 23.1 Å². The summed E-state index contributed by atoms with van der Waals surface area (Å²) in [6.07, 6.45) is 0. The number of hydrogen-bond acceptors (Lipinski definition) is 4. The smallest absolute Gasteiger partial charge is 0.218 e. The first kappa shape index (κ1) is 19.1. The van der Waals surface area contributed by atoms with E-state index in [1.165, 1.54) is 23.7 Å². The van der Waals surface area contributed by atoms with Gasteiger partial charge in [0.15, 0.2) is 0 Å². The molecule has 1 aromatic heterocycles. The van der Waals surface area contributed by atoms with Crippen LogP contribution in [0, 0.1) is 18.2 Å². The molecule has 0 saturated carbocycles. The third-order valence-corrected chi connectivity index (χ3v) is 4.98. The highest BCUT2D eigenvalue weighted by Crippen LogP contribution is 2.20. The van der Waals surface area contributed by atoms with Crippen molar-refractivity contribution in [1.29, 1.82) is 5.41 Å². The number of nitrogens with one attached hydrogen (secondary N) is 2. The molecular weight excluding hydrogens is 387 g/mol. The van der Waals surface area contributed by atoms with Crippen LogP contribution in [-0.2, 0) is 6.54 Å². The van der Waals surface area contributed by atoms with Crippen molar-refractivity contribution in [3.05, 3.63) is 75.3 Å². The van der Waals surface area contributed by atoms with E-state index in [4.69, 9.17) is 21.7 Å². The first-order valence-corrected chi connectivity index (χ1v) is 9.26. The van der Waals surface area contributed by atoms with Gasteiger partial charge in [-0.15, -0.1) is 0 Å². The van der Waals surface area contributed by atoms with Gasteiger partial charge in [-0.1, -0.05) is 35.3 Å². The number of aliphatic imine (C=N–C) groups is 1. The third kappa shape index (κ3) is 4.75. The van der Waals surface area contributed by atoms with Crippen molar-refractivity contribution in [3.63, 3.8) is 0 Å². The van der Waals surface area contributed by atoms with Crippen LogP contribution in [0.3, 0.4) is 0 Å². The van der Waals surface area contributed by atoms with Gasteiger partial charge in [-0.3, -0.25) is 5.41 Å². The lowest BCUT2D eigenvalue weighted by atomic mass is 10.2. The van der Waals surface area contributed by atoms with E-state index in [0.29, 0.717) is 23.7 Å². The summed E-state index contributed by atoms with van der Waals surface area (Å²) < 4.78 is 20.3. The summed E-state index contributed by atoms with van der Waals surface area (Å²) in [5.41, 5.74) is 1.90. The molecule has 0 radical (unpaired) electrons. The molecule has 0 amide bonds. The zero-order valence-corrected chi connectivity index (χ0v) is 16.4. The second-order valence-corrected chi connectivity index (χ2v) is 7.37. The van der Waals surface area contributed by atoms with Crippen molar-refractivity contribution in [2.24, 2.45) is 4.99 Å². The Labute approximate surface area is 165 Å². The molecule has 1 heterocycles. The van der Waals surface area contributed by atoms with Crippen molar-refractivity contribution < 1.29 is 9.13 Å². The van der Waals surface area contributed by atoms with E-state index in [0.717, 1.165) is 16.2 Å². The number of aryl methyl sites for hydroxylation is 1. The molecule has 0 saturated heterocycles. The second-order valence-electron chi connectivity index (χ2n) is 5.77. The summed E-state index contributed by atoms with van der Waals surface area (Å²) in [4.78, 5) is 5.61. The van der Waals surface area contributed by atoms with Gasteiger partial charge in [0, 0.05) is 10.6 Å². The maximum Gasteiger partial charge on any atom is 0.218 e. The third-order valence-electron chi connectivity index (χ3n) is 3.73. The number of anilines is 1. The van der Waals surface area contributed by atoms with Crippen molar-refractivity contribution >= 4 is 34.8 Å². The molecule has 3 rings (SSSR count). The summed E-state index contributed by atoms with van der Waals surface area (Å²) in [5, 5.41) is 11.3. The Kier molecular flexibility index (Phi) is 5.93. The predicted octanol–water partition coefficient (Wildman–Crippen LogP) is 4.65. The van der Waals surface area contributed by atoms with Crippen LogP contribution in [-0.4, -0.2) is 17.0 Å². The standard InChI is InChI=1S/C19H18ClFN4OS/c1-12-9-18(22)25(27-12)19(24-14-5-8-17(21)16(20)10-14)23-11-13-3-6-15(26-2)7-4-13/h3-10,22H,11H2,1-2H3,(H,23,24). The number of halogens is 2. The minimum atomic E-state index is -0.486. The van der Waals surface area contributed by atoms with E-state index in [9.17, 15) is 4.39 Å². The zero-order chi connectivity index (χ0) is 19.4. The highest BCUT2D eigenvalue weighted by molar-refractivity contribution is 7.07. The van der Waals surface area contributed by atoms with Gasteiger partial charge < -0.3 is 10.1 Å². The lowest BCUT2D eigenvalue weighted by Crippen LogP contribution is -2.28. The van der Waals surface area contributed by atoms with E-state index in [2.05, 4.69) is 10.3 Å². The van der Waals surface area contributed by atoms with Gasteiger partial charge in [0.2, 0.25) is 5.96 Å². The van der Waals surface area contributed by atoms with Crippen LogP contribution in [0.4, 0.5) is 10.1 Å². The number of aromatic nitrogens is 1. The molecular formula is C19H18ClFN4OS. The Morgan fingerprint density at radius 3 is 2.59 bits per heavy atom. The lowest BCUT2D eigenvalue weighted by Gasteiger charge is -2.11. The summed E-state index contributed by atoms with van der Waals surface area (Å²) >= 11 is 7.27. The quantitative estimate of drug-likeness (QED) is 0.491. The Morgan fingerprint density at radius 2 is 2.00 bits per heavy atom. The fraction of sp³-hybridized carbons (Fsp3) is 0.158. The minimum absolute atomic E-state index is 0.0213. The van der Waals surface area contributed by atoms with Crippen molar-refractivity contribution in [2.45, 2.75) is 13.5 Å². The van der Waals surface area contributed by atoms with Crippen molar-refractivity contribution in [1.82, 2.24) is 3.96 Å². The fourth-order valence-corrected chi connectivity index (χ4v) is 3.36. The molecule has 0 aliphatic carbocycles. The monoisotopic (exact) mass is 404 g/mol. The Balaban J connectivity index is 1.92. The van der Waals surface area contributed by atoms with E-state index < -0.39 is 5.82 Å². The predicted molar refractivity (Wildman–Crippen MR) is 107 cm³/mol. The summed E-state index contributed by atoms with van der Waals surface area (Å²) in [7, 11) is 1.62. The number of ether oxygens (including phenoxy) is 1. The second kappa shape index (κ2) is 8.37. The molecule has 0 fully saturated rings. The minimum Gasteiger partial charge on any atom is -0.497 e. The molecule has 2 N–H and O–H groups in total. The molecule has 5 nitrogen and oxygen atoms in total. The molecule has 0 spiro atoms. The van der Waals surface area contributed by atoms with Gasteiger partial charge in [0.1, 0.15) is 17.1 Å². The lowest BCUT2D eigenvalue weighted by molar-refractivity contribution is 0.414. The first-order valence-electron chi connectivity index (χ1n) is 8.10. The molecule has 140 valence electrons. The van der Waals surface area contributed by atoms with Crippen LogP contribution in [0.5, 0.6) is 5.75 Å². The van der Waals surface area contributed by atoms with Crippen molar-refractivity contribution in [3.8, 4) is 5.75 Å². The average molecular weight is 405 g/mol. The van der Waals surface area contributed by atoms with E-state index >= 15 is 0 Å². The number of nitrogens with zero attached hydrogens (tertiary/aromatic N) is 2. The Morgan fingerprint density at radius 1 is 1.26 bits per heavy atom. The van der Waals surface area contributed by atoms with Crippen LogP contribution in [0.15, 0.2) is 53.5 Å². The number of rotatable bonds is 4. The molecule has 2 aromatic carbocycles. The maximum atomic E-state index is 13.4. The van der Waals surface area contributed by atoms with Crippen LogP contribution in [0.1, 0.15) is 10.4 Å². The van der Waals surface area contributed by atoms with Crippen LogP contribution in [0.25, 0.3) is 0 Å². The molecule has 0 aliphatic rings. The highest BCUT2D eigenvalue weighted by Gasteiger charge is 2.09. The normalized spacial score (nSPS) is 11.5. The van der Waals surface area contributed by atoms with Crippen molar-refractivity contribution in [2.75, 3.05) is 12.4 Å². The van der Waals surface area contributed by atoms with Gasteiger partial charge in [-0.25, -0.2) is 13.3 Å². The molecule has 0 atom stereocenters. The number of methoxy groups -OCH3 is 1. The molecule has 0 aliphatic heterocycles. The summed E-state index contributed by atoms with van der Waals surface area (Å²) in [5.74, 6) is 0.759. The van der Waals surface area contributed by atoms with Gasteiger partial charge in [0.05, 0.1) is 18.7 Å².